The number of hydrogen-bond donors (Lipinski definition) is 1. The molecule has 0 radical (unpaired) electrons. The van der Waals surface area contributed by atoms with E-state index in [1.165, 1.54) is 25.7 Å². The van der Waals surface area contributed by atoms with Crippen molar-refractivity contribution in [1.29, 1.82) is 0 Å². The van der Waals surface area contributed by atoms with Crippen LogP contribution in [0.15, 0.2) is 0 Å². The Labute approximate surface area is 104 Å². The number of amides is 2. The Morgan fingerprint density at radius 3 is 2.59 bits per heavy atom. The summed E-state index contributed by atoms with van der Waals surface area (Å²) >= 11 is 0. The van der Waals surface area contributed by atoms with Gasteiger partial charge >= 0.3 is 6.03 Å². The zero-order chi connectivity index (χ0) is 12.3. The fourth-order valence-electron chi connectivity index (χ4n) is 2.75. The highest BCUT2D eigenvalue weighted by Gasteiger charge is 2.28. The van der Waals surface area contributed by atoms with Crippen molar-refractivity contribution >= 4 is 6.03 Å². The molecule has 2 saturated heterocycles. The molecule has 2 rings (SSSR count). The molecule has 4 heteroatoms. The molecule has 0 aromatic carbocycles. The van der Waals surface area contributed by atoms with Crippen LogP contribution in [0.5, 0.6) is 0 Å². The van der Waals surface area contributed by atoms with Gasteiger partial charge in [-0.3, -0.25) is 0 Å². The van der Waals surface area contributed by atoms with Crippen LogP contribution in [0.2, 0.25) is 0 Å². The van der Waals surface area contributed by atoms with Crippen LogP contribution >= 0.6 is 0 Å². The van der Waals surface area contributed by atoms with Crippen molar-refractivity contribution in [1.82, 2.24) is 15.1 Å². The Morgan fingerprint density at radius 1 is 1.35 bits per heavy atom. The molecule has 0 saturated carbocycles. The first-order chi connectivity index (χ1) is 8.18. The first-order valence-corrected chi connectivity index (χ1v) is 6.97. The average Bonchev–Trinajstić information content (AvgIpc) is 2.97. The molecule has 2 heterocycles. The smallest absolute Gasteiger partial charge is 0.320 e. The Kier molecular flexibility index (Phi) is 4.26. The molecule has 2 aliphatic rings. The highest BCUT2D eigenvalue weighted by Crippen LogP contribution is 2.15. The molecule has 0 aliphatic carbocycles. The van der Waals surface area contributed by atoms with Crippen LogP contribution in [0.1, 0.15) is 39.5 Å². The molecule has 1 unspecified atom stereocenters. The molecule has 0 aromatic rings. The third kappa shape index (κ3) is 3.12. The van der Waals surface area contributed by atoms with Gasteiger partial charge in [0.2, 0.25) is 0 Å². The molecule has 1 N–H and O–H groups in total. The zero-order valence-corrected chi connectivity index (χ0v) is 11.1. The van der Waals surface area contributed by atoms with E-state index >= 15 is 0 Å². The lowest BCUT2D eigenvalue weighted by Crippen LogP contribution is -2.49. The third-order valence-corrected chi connectivity index (χ3v) is 3.83. The van der Waals surface area contributed by atoms with Crippen LogP contribution in [0.3, 0.4) is 0 Å². The number of urea groups is 1. The lowest BCUT2D eigenvalue weighted by atomic mass is 10.2. The van der Waals surface area contributed by atoms with E-state index in [0.29, 0.717) is 12.1 Å². The summed E-state index contributed by atoms with van der Waals surface area (Å²) in [7, 11) is 0. The Hall–Kier alpha value is -0.770. The maximum atomic E-state index is 12.4. The maximum Gasteiger partial charge on any atom is 0.320 e. The highest BCUT2D eigenvalue weighted by atomic mass is 16.2. The van der Waals surface area contributed by atoms with Gasteiger partial charge in [-0.25, -0.2) is 4.79 Å². The number of carbonyl (C=O) groups is 1. The van der Waals surface area contributed by atoms with Gasteiger partial charge in [-0.05, 0) is 46.1 Å². The first kappa shape index (κ1) is 12.7. The number of likely N-dealkylation sites (tertiary alicyclic amines) is 1. The van der Waals surface area contributed by atoms with Gasteiger partial charge < -0.3 is 15.1 Å². The first-order valence-electron chi connectivity index (χ1n) is 6.97. The molecule has 0 spiro atoms. The lowest BCUT2D eigenvalue weighted by molar-refractivity contribution is 0.143. The van der Waals surface area contributed by atoms with Crippen molar-refractivity contribution in [3.05, 3.63) is 0 Å². The maximum absolute atomic E-state index is 12.4. The van der Waals surface area contributed by atoms with Gasteiger partial charge in [-0.2, -0.15) is 0 Å². The number of hydrogen-bond acceptors (Lipinski definition) is 2. The van der Waals surface area contributed by atoms with Crippen LogP contribution in [0.25, 0.3) is 0 Å². The molecule has 4 nitrogen and oxygen atoms in total. The second kappa shape index (κ2) is 5.71. The van der Waals surface area contributed by atoms with Crippen molar-refractivity contribution in [3.63, 3.8) is 0 Å². The largest absolute Gasteiger partial charge is 0.325 e. The lowest BCUT2D eigenvalue weighted by Gasteiger charge is -2.33. The van der Waals surface area contributed by atoms with Crippen LogP contribution in [-0.4, -0.2) is 54.1 Å². The van der Waals surface area contributed by atoms with Gasteiger partial charge in [0.15, 0.2) is 0 Å². The van der Waals surface area contributed by atoms with Crippen molar-refractivity contribution < 1.29 is 4.79 Å². The van der Waals surface area contributed by atoms with Crippen molar-refractivity contribution in [2.75, 3.05) is 26.2 Å². The quantitative estimate of drug-likeness (QED) is 0.813. The Balaban J connectivity index is 1.92. The summed E-state index contributed by atoms with van der Waals surface area (Å²) in [6, 6.07) is 1.04. The molecule has 2 amide bonds. The van der Waals surface area contributed by atoms with E-state index in [-0.39, 0.29) is 6.03 Å². The summed E-state index contributed by atoms with van der Waals surface area (Å²) in [5, 5.41) is 3.47. The number of carbonyl (C=O) groups excluding carboxylic acids is 1. The van der Waals surface area contributed by atoms with Gasteiger partial charge in [-0.15, -0.1) is 0 Å². The molecule has 0 bridgehead atoms. The summed E-state index contributed by atoms with van der Waals surface area (Å²) < 4.78 is 0. The topological polar surface area (TPSA) is 35.6 Å². The van der Waals surface area contributed by atoms with Gasteiger partial charge in [0, 0.05) is 31.7 Å². The Morgan fingerprint density at radius 2 is 2.06 bits per heavy atom. The number of rotatable bonds is 3. The van der Waals surface area contributed by atoms with Gasteiger partial charge in [0.1, 0.15) is 0 Å². The normalized spacial score (nSPS) is 24.6. The van der Waals surface area contributed by atoms with Gasteiger partial charge in [0.25, 0.3) is 0 Å². The van der Waals surface area contributed by atoms with Gasteiger partial charge in [0.05, 0.1) is 0 Å². The standard InChI is InChI=1S/C13H25N3O/c1-11(2)16(10-12-6-5-7-14-12)13(17)15-8-3-4-9-15/h11-12,14H,3-10H2,1-2H3. The van der Waals surface area contributed by atoms with Crippen molar-refractivity contribution in [3.8, 4) is 0 Å². The molecule has 1 atom stereocenters. The zero-order valence-electron chi connectivity index (χ0n) is 11.1. The molecule has 2 fully saturated rings. The monoisotopic (exact) mass is 239 g/mol. The number of nitrogens with zero attached hydrogens (tertiary/aromatic N) is 2. The summed E-state index contributed by atoms with van der Waals surface area (Å²) in [6.07, 6.45) is 4.78. The predicted octanol–water partition coefficient (Wildman–Crippen LogP) is 1.66. The molecular weight excluding hydrogens is 214 g/mol. The summed E-state index contributed by atoms with van der Waals surface area (Å²) in [5.41, 5.74) is 0. The molecule has 17 heavy (non-hydrogen) atoms. The molecule has 2 aliphatic heterocycles. The van der Waals surface area contributed by atoms with E-state index in [4.69, 9.17) is 0 Å². The SMILES string of the molecule is CC(C)N(CC1CCCN1)C(=O)N1CCCC1. The van der Waals surface area contributed by atoms with E-state index in [1.54, 1.807) is 0 Å². The van der Waals surface area contributed by atoms with Crippen molar-refractivity contribution in [2.45, 2.75) is 51.6 Å². The number of nitrogens with one attached hydrogen (secondary N) is 1. The summed E-state index contributed by atoms with van der Waals surface area (Å²) in [5.74, 6) is 0. The van der Waals surface area contributed by atoms with E-state index in [1.807, 2.05) is 9.80 Å². The summed E-state index contributed by atoms with van der Waals surface area (Å²) in [4.78, 5) is 16.4. The fourth-order valence-corrected chi connectivity index (χ4v) is 2.75. The van der Waals surface area contributed by atoms with E-state index < -0.39 is 0 Å². The van der Waals surface area contributed by atoms with Crippen molar-refractivity contribution in [2.24, 2.45) is 0 Å². The molecule has 0 aromatic heterocycles. The third-order valence-electron chi connectivity index (χ3n) is 3.83. The summed E-state index contributed by atoms with van der Waals surface area (Å²) in [6.45, 7) is 8.09. The second-order valence-electron chi connectivity index (χ2n) is 5.52. The van der Waals surface area contributed by atoms with E-state index in [2.05, 4.69) is 19.2 Å². The van der Waals surface area contributed by atoms with Crippen LogP contribution in [-0.2, 0) is 0 Å². The predicted molar refractivity (Wildman–Crippen MR) is 69.1 cm³/mol. The minimum atomic E-state index is 0.242. The van der Waals surface area contributed by atoms with Gasteiger partial charge in [-0.1, -0.05) is 0 Å². The van der Waals surface area contributed by atoms with Crippen LogP contribution in [0, 0.1) is 0 Å². The average molecular weight is 239 g/mol. The second-order valence-corrected chi connectivity index (χ2v) is 5.52. The molecular formula is C13H25N3O. The Bertz CT molecular complexity index is 255. The van der Waals surface area contributed by atoms with E-state index in [0.717, 1.165) is 26.2 Å². The van der Waals surface area contributed by atoms with E-state index in [9.17, 15) is 4.79 Å². The minimum absolute atomic E-state index is 0.242. The van der Waals surface area contributed by atoms with Crippen LogP contribution in [0.4, 0.5) is 4.79 Å². The fraction of sp³-hybridized carbons (Fsp3) is 0.923. The molecule has 98 valence electrons. The highest BCUT2D eigenvalue weighted by molar-refractivity contribution is 5.75. The van der Waals surface area contributed by atoms with Crippen LogP contribution < -0.4 is 5.32 Å². The minimum Gasteiger partial charge on any atom is -0.325 e.